The van der Waals surface area contributed by atoms with Crippen molar-refractivity contribution in [3.05, 3.63) is 70.7 Å². The lowest BCUT2D eigenvalue weighted by atomic mass is 9.87. The van der Waals surface area contributed by atoms with Crippen molar-refractivity contribution in [1.29, 1.82) is 0 Å². The zero-order chi connectivity index (χ0) is 16.4. The van der Waals surface area contributed by atoms with E-state index in [1.54, 1.807) is 0 Å². The summed E-state index contributed by atoms with van der Waals surface area (Å²) in [6.07, 6.45) is 2.21. The molecule has 5 rings (SSSR count). The monoisotopic (exact) mass is 340 g/mol. The fourth-order valence-corrected chi connectivity index (χ4v) is 3.71. The van der Waals surface area contributed by atoms with E-state index in [2.05, 4.69) is 22.2 Å². The van der Waals surface area contributed by atoms with Gasteiger partial charge in [-0.2, -0.15) is 0 Å². The van der Waals surface area contributed by atoms with Gasteiger partial charge in [0.15, 0.2) is 6.10 Å². The predicted molar refractivity (Wildman–Crippen MR) is 97.4 cm³/mol. The second kappa shape index (κ2) is 6.96. The highest BCUT2D eigenvalue weighted by Crippen LogP contribution is 2.30. The first-order valence-corrected chi connectivity index (χ1v) is 8.93. The van der Waals surface area contributed by atoms with E-state index in [1.165, 1.54) is 31.6 Å². The summed E-state index contributed by atoms with van der Waals surface area (Å²) < 4.78 is 0. The molecule has 0 aliphatic carbocycles. The second-order valence-electron chi connectivity index (χ2n) is 6.58. The molecule has 2 aromatic carbocycles. The molecule has 3 saturated heterocycles. The SMILES string of the molecule is Clc1ccc(C(O/N=C2/CN3CCC2CC3)c2ccccc2)cc1. The molecule has 0 aromatic heterocycles. The van der Waals surface area contributed by atoms with Gasteiger partial charge in [-0.25, -0.2) is 0 Å². The van der Waals surface area contributed by atoms with Gasteiger partial charge in [0, 0.05) is 17.5 Å². The van der Waals surface area contributed by atoms with Crippen LogP contribution in [0.1, 0.15) is 30.1 Å². The number of oxime groups is 1. The maximum Gasteiger partial charge on any atom is 0.177 e. The van der Waals surface area contributed by atoms with Gasteiger partial charge in [0.1, 0.15) is 0 Å². The third-order valence-corrected chi connectivity index (χ3v) is 5.25. The topological polar surface area (TPSA) is 24.8 Å². The molecule has 1 unspecified atom stereocenters. The Morgan fingerprint density at radius 3 is 2.25 bits per heavy atom. The molecule has 3 fully saturated rings. The molecule has 3 aliphatic heterocycles. The highest BCUT2D eigenvalue weighted by atomic mass is 35.5. The molecule has 0 amide bonds. The number of fused-ring (bicyclic) bond motifs is 3. The molecular weight excluding hydrogens is 320 g/mol. The number of hydrogen-bond donors (Lipinski definition) is 0. The summed E-state index contributed by atoms with van der Waals surface area (Å²) in [6, 6.07) is 18.1. The molecule has 0 radical (unpaired) electrons. The van der Waals surface area contributed by atoms with E-state index < -0.39 is 0 Å². The summed E-state index contributed by atoms with van der Waals surface area (Å²) in [7, 11) is 0. The van der Waals surface area contributed by atoms with Crippen molar-refractivity contribution < 1.29 is 4.84 Å². The van der Waals surface area contributed by atoms with E-state index in [0.29, 0.717) is 5.92 Å². The van der Waals surface area contributed by atoms with Crippen LogP contribution in [0.25, 0.3) is 0 Å². The lowest BCUT2D eigenvalue weighted by Gasteiger charge is -2.39. The van der Waals surface area contributed by atoms with Gasteiger partial charge in [-0.15, -0.1) is 0 Å². The molecule has 0 saturated carbocycles. The van der Waals surface area contributed by atoms with Crippen LogP contribution in [0.5, 0.6) is 0 Å². The van der Waals surface area contributed by atoms with Crippen LogP contribution in [0.15, 0.2) is 59.8 Å². The number of hydrogen-bond acceptors (Lipinski definition) is 3. The van der Waals surface area contributed by atoms with E-state index in [-0.39, 0.29) is 6.10 Å². The average Bonchev–Trinajstić information content (AvgIpc) is 2.65. The van der Waals surface area contributed by atoms with E-state index in [0.717, 1.165) is 22.7 Å². The first kappa shape index (κ1) is 15.7. The third kappa shape index (κ3) is 3.33. The summed E-state index contributed by atoms with van der Waals surface area (Å²) >= 11 is 6.03. The van der Waals surface area contributed by atoms with Crippen LogP contribution in [0, 0.1) is 5.92 Å². The average molecular weight is 341 g/mol. The van der Waals surface area contributed by atoms with E-state index >= 15 is 0 Å². The Balaban J connectivity index is 1.60. The maximum atomic E-state index is 6.06. The molecule has 0 N–H and O–H groups in total. The molecule has 3 heterocycles. The van der Waals surface area contributed by atoms with Crippen LogP contribution in [-0.4, -0.2) is 30.2 Å². The lowest BCUT2D eigenvalue weighted by molar-refractivity contribution is 0.0800. The van der Waals surface area contributed by atoms with Crippen LogP contribution >= 0.6 is 11.6 Å². The van der Waals surface area contributed by atoms with Crippen molar-refractivity contribution in [2.75, 3.05) is 19.6 Å². The van der Waals surface area contributed by atoms with E-state index in [1.807, 2.05) is 42.5 Å². The number of piperidine rings is 3. The summed E-state index contributed by atoms with van der Waals surface area (Å²) in [5.74, 6) is 0.594. The van der Waals surface area contributed by atoms with Crippen molar-refractivity contribution in [1.82, 2.24) is 4.90 Å². The van der Waals surface area contributed by atoms with Crippen molar-refractivity contribution in [3.8, 4) is 0 Å². The Bertz CT molecular complexity index is 706. The first-order chi connectivity index (χ1) is 11.8. The maximum absolute atomic E-state index is 6.06. The zero-order valence-corrected chi connectivity index (χ0v) is 14.3. The van der Waals surface area contributed by atoms with Crippen LogP contribution in [-0.2, 0) is 4.84 Å². The minimum Gasteiger partial charge on any atom is -0.383 e. The smallest absolute Gasteiger partial charge is 0.177 e. The molecule has 4 heteroatoms. The molecule has 1 atom stereocenters. The van der Waals surface area contributed by atoms with Gasteiger partial charge >= 0.3 is 0 Å². The van der Waals surface area contributed by atoms with E-state index in [4.69, 9.17) is 16.4 Å². The van der Waals surface area contributed by atoms with E-state index in [9.17, 15) is 0 Å². The molecule has 3 nitrogen and oxygen atoms in total. The normalized spacial score (nSPS) is 25.6. The van der Waals surface area contributed by atoms with Crippen LogP contribution in [0.3, 0.4) is 0 Å². The summed E-state index contributed by atoms with van der Waals surface area (Å²) in [5, 5.41) is 5.31. The van der Waals surface area contributed by atoms with Gasteiger partial charge in [-0.3, -0.25) is 4.90 Å². The quantitative estimate of drug-likeness (QED) is 0.764. The highest BCUT2D eigenvalue weighted by molar-refractivity contribution is 6.30. The lowest BCUT2D eigenvalue weighted by Crippen LogP contribution is -2.48. The first-order valence-electron chi connectivity index (χ1n) is 8.55. The summed E-state index contributed by atoms with van der Waals surface area (Å²) in [5.41, 5.74) is 3.36. The number of rotatable bonds is 4. The molecule has 2 aromatic rings. The Morgan fingerprint density at radius 2 is 1.62 bits per heavy atom. The molecule has 24 heavy (non-hydrogen) atoms. The minimum atomic E-state index is -0.202. The molecule has 3 aliphatic rings. The van der Waals surface area contributed by atoms with Gasteiger partial charge in [-0.1, -0.05) is 59.2 Å². The van der Waals surface area contributed by atoms with Crippen LogP contribution < -0.4 is 0 Å². The minimum absolute atomic E-state index is 0.202. The third-order valence-electron chi connectivity index (χ3n) is 4.99. The molecule has 0 spiro atoms. The van der Waals surface area contributed by atoms with Crippen LogP contribution in [0.4, 0.5) is 0 Å². The molecule has 124 valence electrons. The predicted octanol–water partition coefficient (Wildman–Crippen LogP) is 4.53. The Kier molecular flexibility index (Phi) is 4.54. The van der Waals surface area contributed by atoms with Gasteiger partial charge in [0.25, 0.3) is 0 Å². The van der Waals surface area contributed by atoms with Gasteiger partial charge in [0.05, 0.1) is 5.71 Å². The Hall–Kier alpha value is -1.84. The number of nitrogens with zero attached hydrogens (tertiary/aromatic N) is 2. The number of halogens is 1. The van der Waals surface area contributed by atoms with Crippen molar-refractivity contribution in [2.24, 2.45) is 11.1 Å². The van der Waals surface area contributed by atoms with Gasteiger partial charge in [0.2, 0.25) is 0 Å². The highest BCUT2D eigenvalue weighted by Gasteiger charge is 2.31. The zero-order valence-electron chi connectivity index (χ0n) is 13.6. The summed E-state index contributed by atoms with van der Waals surface area (Å²) in [6.45, 7) is 3.35. The van der Waals surface area contributed by atoms with Crippen molar-refractivity contribution in [3.63, 3.8) is 0 Å². The fraction of sp³-hybridized carbons (Fsp3) is 0.350. The Labute approximate surface area is 147 Å². The van der Waals surface area contributed by atoms with Gasteiger partial charge in [-0.05, 0) is 49.2 Å². The van der Waals surface area contributed by atoms with Crippen molar-refractivity contribution >= 4 is 17.3 Å². The fourth-order valence-electron chi connectivity index (χ4n) is 3.59. The molecular formula is C20H21ClN2O. The van der Waals surface area contributed by atoms with Crippen LogP contribution in [0.2, 0.25) is 5.02 Å². The van der Waals surface area contributed by atoms with Gasteiger partial charge < -0.3 is 4.84 Å². The largest absolute Gasteiger partial charge is 0.383 e. The number of benzene rings is 2. The standard InChI is InChI=1S/C20H21ClN2O/c21-18-8-6-17(7-9-18)20(16-4-2-1-3-5-16)24-22-19-14-23-12-10-15(19)11-13-23/h1-9,15,20H,10-14H2/b22-19-. The summed E-state index contributed by atoms with van der Waals surface area (Å²) in [4.78, 5) is 8.52. The second-order valence-corrected chi connectivity index (χ2v) is 7.02. The Morgan fingerprint density at radius 1 is 0.958 bits per heavy atom. The molecule has 2 bridgehead atoms. The van der Waals surface area contributed by atoms with Crippen molar-refractivity contribution in [2.45, 2.75) is 18.9 Å².